The van der Waals surface area contributed by atoms with Crippen LogP contribution in [-0.4, -0.2) is 76.3 Å². The van der Waals surface area contributed by atoms with Gasteiger partial charge in [-0.25, -0.2) is 4.39 Å². The lowest BCUT2D eigenvalue weighted by Gasteiger charge is -2.38. The molecule has 0 unspecified atom stereocenters. The first-order chi connectivity index (χ1) is 20.9. The molecule has 0 aliphatic carbocycles. The van der Waals surface area contributed by atoms with Crippen molar-refractivity contribution < 1.29 is 28.2 Å². The lowest BCUT2D eigenvalue weighted by atomic mass is 9.74. The van der Waals surface area contributed by atoms with Crippen LogP contribution in [0.2, 0.25) is 0 Å². The van der Waals surface area contributed by atoms with Gasteiger partial charge in [0.05, 0.1) is 38.6 Å². The fourth-order valence-corrected chi connectivity index (χ4v) is 7.27. The fraction of sp³-hybridized carbons (Fsp3) is 0.438. The first-order valence-corrected chi connectivity index (χ1v) is 14.9. The molecular formula is C32H32FN5O5. The molecule has 5 aliphatic rings. The first-order valence-electron chi connectivity index (χ1n) is 14.9. The molecule has 5 aliphatic heterocycles. The Morgan fingerprint density at radius 2 is 1.91 bits per heavy atom. The minimum atomic E-state index is -0.649. The number of fused-ring (bicyclic) bond motifs is 4. The van der Waals surface area contributed by atoms with Crippen molar-refractivity contribution in [3.05, 3.63) is 70.8 Å². The maximum absolute atomic E-state index is 14.7. The van der Waals surface area contributed by atoms with Crippen LogP contribution in [0.1, 0.15) is 58.8 Å². The largest absolute Gasteiger partial charge is 0.492 e. The Kier molecular flexibility index (Phi) is 6.16. The standard InChI is InChI=1S/C32H32FN5O5/c33-22-10-19(9-20(11-22)21-12-34-38(14-21)23-16-42-17-23)13-36-7-5-32(6-8-36)18-43-29-25-15-37(27-3-4-28(39)35-30(27)40)31(41)24(25)1-2-26(29)32/h1-2,9-12,14,23,27H,3-8,13,15-18H2,(H,35,39,40)/t27-/m0/s1. The van der Waals surface area contributed by atoms with Crippen LogP contribution in [0.3, 0.4) is 0 Å². The topological polar surface area (TPSA) is 106 Å². The Morgan fingerprint density at radius 3 is 2.67 bits per heavy atom. The summed E-state index contributed by atoms with van der Waals surface area (Å²) in [7, 11) is 0. The number of nitrogens with one attached hydrogen (secondary N) is 1. The number of aromatic nitrogens is 2. The number of piperidine rings is 2. The highest BCUT2D eigenvalue weighted by molar-refractivity contribution is 6.05. The van der Waals surface area contributed by atoms with Crippen LogP contribution < -0.4 is 10.1 Å². The second-order valence-electron chi connectivity index (χ2n) is 12.5. The van der Waals surface area contributed by atoms with Crippen LogP contribution in [0.15, 0.2) is 42.7 Å². The number of halogens is 1. The molecule has 43 heavy (non-hydrogen) atoms. The zero-order chi connectivity index (χ0) is 29.3. The minimum absolute atomic E-state index is 0.140. The molecule has 1 atom stereocenters. The van der Waals surface area contributed by atoms with E-state index in [9.17, 15) is 18.8 Å². The van der Waals surface area contributed by atoms with Crippen molar-refractivity contribution in [3.63, 3.8) is 0 Å². The van der Waals surface area contributed by atoms with Gasteiger partial charge < -0.3 is 14.4 Å². The number of nitrogens with zero attached hydrogens (tertiary/aromatic N) is 4. The van der Waals surface area contributed by atoms with Crippen LogP contribution in [0, 0.1) is 5.82 Å². The van der Waals surface area contributed by atoms with Crippen LogP contribution in [0.5, 0.6) is 5.75 Å². The van der Waals surface area contributed by atoms with E-state index < -0.39 is 11.9 Å². The Bertz CT molecular complexity index is 1660. The van der Waals surface area contributed by atoms with E-state index in [0.29, 0.717) is 44.9 Å². The molecule has 0 radical (unpaired) electrons. The summed E-state index contributed by atoms with van der Waals surface area (Å²) in [5.74, 6) is -0.382. The quantitative estimate of drug-likeness (QED) is 0.459. The van der Waals surface area contributed by atoms with E-state index in [-0.39, 0.29) is 35.5 Å². The number of hydrogen-bond acceptors (Lipinski definition) is 7. The number of benzene rings is 2. The van der Waals surface area contributed by atoms with E-state index in [1.54, 1.807) is 23.2 Å². The molecule has 2 aromatic carbocycles. The van der Waals surface area contributed by atoms with Gasteiger partial charge in [-0.1, -0.05) is 6.07 Å². The number of rotatable bonds is 5. The monoisotopic (exact) mass is 585 g/mol. The Labute approximate surface area is 247 Å². The third kappa shape index (κ3) is 4.44. The number of hydrogen-bond donors (Lipinski definition) is 1. The summed E-state index contributed by atoms with van der Waals surface area (Å²) in [4.78, 5) is 41.3. The third-order valence-corrected chi connectivity index (χ3v) is 9.84. The summed E-state index contributed by atoms with van der Waals surface area (Å²) in [5, 5.41) is 6.81. The number of carbonyl (C=O) groups is 3. The van der Waals surface area contributed by atoms with Crippen LogP contribution in [-0.2, 0) is 32.8 Å². The lowest BCUT2D eigenvalue weighted by Crippen LogP contribution is -2.52. The summed E-state index contributed by atoms with van der Waals surface area (Å²) < 4.78 is 28.2. The van der Waals surface area contributed by atoms with Crippen LogP contribution in [0.25, 0.3) is 11.1 Å². The molecule has 10 nitrogen and oxygen atoms in total. The summed E-state index contributed by atoms with van der Waals surface area (Å²) in [6, 6.07) is 8.72. The number of amides is 3. The van der Waals surface area contributed by atoms with E-state index in [0.717, 1.165) is 59.5 Å². The number of carbonyl (C=O) groups excluding carboxylic acids is 3. The predicted molar refractivity (Wildman–Crippen MR) is 152 cm³/mol. The average Bonchev–Trinajstić information content (AvgIpc) is 3.66. The van der Waals surface area contributed by atoms with Gasteiger partial charge in [-0.2, -0.15) is 5.10 Å². The molecule has 3 aromatic rings. The van der Waals surface area contributed by atoms with Crippen molar-refractivity contribution in [2.24, 2.45) is 0 Å². The van der Waals surface area contributed by atoms with Gasteiger partial charge in [0, 0.05) is 46.8 Å². The molecule has 11 heteroatoms. The molecule has 222 valence electrons. The average molecular weight is 586 g/mol. The van der Waals surface area contributed by atoms with Gasteiger partial charge in [0.25, 0.3) is 5.91 Å². The molecule has 1 spiro atoms. The smallest absolute Gasteiger partial charge is 0.255 e. The molecule has 3 fully saturated rings. The van der Waals surface area contributed by atoms with E-state index in [1.807, 2.05) is 23.0 Å². The summed E-state index contributed by atoms with van der Waals surface area (Å²) in [6.07, 6.45) is 6.09. The van der Waals surface area contributed by atoms with E-state index in [1.165, 1.54) is 0 Å². The number of ether oxygens (including phenoxy) is 2. The molecule has 1 aromatic heterocycles. The van der Waals surface area contributed by atoms with Crippen molar-refractivity contribution in [1.29, 1.82) is 0 Å². The second-order valence-corrected chi connectivity index (χ2v) is 12.5. The van der Waals surface area contributed by atoms with Crippen molar-refractivity contribution in [2.45, 2.75) is 56.3 Å². The highest BCUT2D eigenvalue weighted by atomic mass is 19.1. The number of likely N-dealkylation sites (tertiary alicyclic amines) is 1. The van der Waals surface area contributed by atoms with E-state index in [2.05, 4.69) is 21.4 Å². The maximum Gasteiger partial charge on any atom is 0.255 e. The van der Waals surface area contributed by atoms with Gasteiger partial charge >= 0.3 is 0 Å². The Hall–Kier alpha value is -4.09. The molecule has 3 saturated heterocycles. The predicted octanol–water partition coefficient (Wildman–Crippen LogP) is 2.95. The minimum Gasteiger partial charge on any atom is -0.492 e. The van der Waals surface area contributed by atoms with Gasteiger partial charge in [-0.15, -0.1) is 0 Å². The molecule has 8 rings (SSSR count). The summed E-state index contributed by atoms with van der Waals surface area (Å²) in [6.45, 7) is 4.50. The normalized spacial score (nSPS) is 23.2. The van der Waals surface area contributed by atoms with Gasteiger partial charge in [0.15, 0.2) is 0 Å². The van der Waals surface area contributed by atoms with Crippen LogP contribution >= 0.6 is 0 Å². The summed E-state index contributed by atoms with van der Waals surface area (Å²) >= 11 is 0. The van der Waals surface area contributed by atoms with Crippen molar-refractivity contribution in [3.8, 4) is 16.9 Å². The van der Waals surface area contributed by atoms with Gasteiger partial charge in [0.2, 0.25) is 11.8 Å². The molecule has 6 heterocycles. The zero-order valence-corrected chi connectivity index (χ0v) is 23.7. The number of imide groups is 1. The Balaban J connectivity index is 0.960. The summed E-state index contributed by atoms with van der Waals surface area (Å²) in [5.41, 5.74) is 5.05. The highest BCUT2D eigenvalue weighted by Gasteiger charge is 2.47. The van der Waals surface area contributed by atoms with Crippen molar-refractivity contribution in [2.75, 3.05) is 32.9 Å². The second kappa shape index (κ2) is 9.99. The van der Waals surface area contributed by atoms with Crippen molar-refractivity contribution in [1.82, 2.24) is 24.9 Å². The maximum atomic E-state index is 14.7. The highest BCUT2D eigenvalue weighted by Crippen LogP contribution is 2.49. The molecule has 0 saturated carbocycles. The van der Waals surface area contributed by atoms with Gasteiger partial charge in [-0.3, -0.25) is 29.3 Å². The molecule has 3 amide bonds. The van der Waals surface area contributed by atoms with Gasteiger partial charge in [0.1, 0.15) is 17.6 Å². The van der Waals surface area contributed by atoms with E-state index in [4.69, 9.17) is 9.47 Å². The van der Waals surface area contributed by atoms with E-state index >= 15 is 0 Å². The van der Waals surface area contributed by atoms with Gasteiger partial charge in [-0.05, 0) is 67.7 Å². The Morgan fingerprint density at radius 1 is 1.07 bits per heavy atom. The lowest BCUT2D eigenvalue weighted by molar-refractivity contribution is -0.136. The first kappa shape index (κ1) is 26.5. The molecular weight excluding hydrogens is 553 g/mol. The fourth-order valence-electron chi connectivity index (χ4n) is 7.27. The third-order valence-electron chi connectivity index (χ3n) is 9.84. The zero-order valence-electron chi connectivity index (χ0n) is 23.7. The molecule has 1 N–H and O–H groups in total. The van der Waals surface area contributed by atoms with Crippen LogP contribution in [0.4, 0.5) is 4.39 Å². The van der Waals surface area contributed by atoms with Crippen molar-refractivity contribution >= 4 is 17.7 Å². The SMILES string of the molecule is O=C1CC[C@H](N2Cc3c(ccc4c3OCC43CCN(Cc4cc(F)cc(-c5cnn(C6COC6)c5)c4)CC3)C2=O)C(=O)N1. The molecule has 0 bridgehead atoms.